The van der Waals surface area contributed by atoms with Gasteiger partial charge in [-0.25, -0.2) is 8.42 Å². The Morgan fingerprint density at radius 2 is 1.92 bits per heavy atom. The largest absolute Gasteiger partial charge is 0.359 e. The topological polar surface area (TPSA) is 69.7 Å². The highest BCUT2D eigenvalue weighted by Crippen LogP contribution is 2.27. The van der Waals surface area contributed by atoms with Gasteiger partial charge in [0.1, 0.15) is 12.5 Å². The Kier molecular flexibility index (Phi) is 6.48. The van der Waals surface area contributed by atoms with Gasteiger partial charge in [-0.15, -0.1) is 0 Å². The van der Waals surface area contributed by atoms with Crippen molar-refractivity contribution in [3.05, 3.63) is 53.6 Å². The number of Topliss-reactive ketones (excluding diaryl/α,β-unsaturated/α-hetero) is 1. The summed E-state index contributed by atoms with van der Waals surface area (Å²) >= 11 is 0. The molecule has 0 amide bonds. The molecule has 1 aliphatic rings. The van der Waals surface area contributed by atoms with E-state index in [1.165, 1.54) is 19.2 Å². The Balaban J connectivity index is 2.14. The molecule has 0 spiro atoms. The molecule has 0 radical (unpaired) electrons. The van der Waals surface area contributed by atoms with Crippen LogP contribution in [0.4, 0.5) is 0 Å². The number of benzene rings is 1. The number of rotatable bonds is 8. The lowest BCUT2D eigenvalue weighted by Gasteiger charge is -2.23. The van der Waals surface area contributed by atoms with Crippen LogP contribution in [-0.4, -0.2) is 40.5 Å². The van der Waals surface area contributed by atoms with E-state index in [0.29, 0.717) is 18.6 Å². The van der Waals surface area contributed by atoms with Crippen molar-refractivity contribution in [2.45, 2.75) is 18.2 Å². The lowest BCUT2D eigenvalue weighted by atomic mass is 9.86. The number of ether oxygens (including phenoxy) is 2. The van der Waals surface area contributed by atoms with E-state index in [-0.39, 0.29) is 23.4 Å². The summed E-state index contributed by atoms with van der Waals surface area (Å²) < 4.78 is 35.0. The molecular weight excluding hydrogens is 328 g/mol. The summed E-state index contributed by atoms with van der Waals surface area (Å²) in [4.78, 5) is 12.7. The number of methoxy groups -OCH3 is 1. The molecule has 2 rings (SSSR count). The minimum atomic E-state index is -3.65. The predicted molar refractivity (Wildman–Crippen MR) is 91.3 cm³/mol. The average Bonchev–Trinajstić information content (AvgIpc) is 2.55. The summed E-state index contributed by atoms with van der Waals surface area (Å²) in [7, 11) is -2.12. The molecule has 1 aromatic carbocycles. The lowest BCUT2D eigenvalue weighted by molar-refractivity contribution is -0.114. The van der Waals surface area contributed by atoms with E-state index in [0.717, 1.165) is 5.57 Å². The molecule has 1 aliphatic carbocycles. The maximum Gasteiger partial charge on any atom is 0.185 e. The van der Waals surface area contributed by atoms with Crippen LogP contribution in [0.5, 0.6) is 0 Å². The number of sulfone groups is 1. The van der Waals surface area contributed by atoms with Crippen LogP contribution in [-0.2, 0) is 24.1 Å². The number of allylic oxidation sites excluding steroid dienone is 3. The van der Waals surface area contributed by atoms with E-state index in [2.05, 4.69) is 0 Å². The van der Waals surface area contributed by atoms with Gasteiger partial charge in [0.05, 0.1) is 11.5 Å². The third-order valence-electron chi connectivity index (χ3n) is 3.82. The standard InChI is InChI=1S/C18H22O5S/c1-14-8-9-17(15(10-14)11-23-13-22-2)18(19)12-24(20,21)16-6-4-3-5-7-16/h3-9,15H,10-13H2,1-2H3/t15-/m1/s1. The fraction of sp³-hybridized carbons (Fsp3) is 0.389. The van der Waals surface area contributed by atoms with Crippen LogP contribution in [0.1, 0.15) is 13.3 Å². The second-order valence-electron chi connectivity index (χ2n) is 5.81. The van der Waals surface area contributed by atoms with Crippen LogP contribution in [0.25, 0.3) is 0 Å². The summed E-state index contributed by atoms with van der Waals surface area (Å²) in [6.45, 7) is 2.44. The number of carbonyl (C=O) groups excluding carboxylic acids is 1. The minimum absolute atomic E-state index is 0.142. The third kappa shape index (κ3) is 4.87. The summed E-state index contributed by atoms with van der Waals surface area (Å²) in [6.07, 6.45) is 4.24. The highest BCUT2D eigenvalue weighted by molar-refractivity contribution is 7.92. The molecule has 0 fully saturated rings. The SMILES string of the molecule is COCOC[C@H]1CC(C)=CC=C1C(=O)CS(=O)(=O)c1ccccc1. The van der Waals surface area contributed by atoms with Crippen molar-refractivity contribution < 1.29 is 22.7 Å². The molecule has 130 valence electrons. The van der Waals surface area contributed by atoms with Crippen molar-refractivity contribution in [2.75, 3.05) is 26.3 Å². The normalized spacial score (nSPS) is 18.0. The second kappa shape index (κ2) is 8.37. The van der Waals surface area contributed by atoms with Gasteiger partial charge >= 0.3 is 0 Å². The van der Waals surface area contributed by atoms with E-state index in [1.807, 2.05) is 13.0 Å². The maximum absolute atomic E-state index is 12.6. The fourth-order valence-electron chi connectivity index (χ4n) is 2.64. The lowest BCUT2D eigenvalue weighted by Crippen LogP contribution is -2.26. The van der Waals surface area contributed by atoms with Gasteiger partial charge < -0.3 is 9.47 Å². The number of carbonyl (C=O) groups is 1. The summed E-state index contributed by atoms with van der Waals surface area (Å²) in [5.41, 5.74) is 1.62. The second-order valence-corrected chi connectivity index (χ2v) is 7.80. The van der Waals surface area contributed by atoms with Crippen LogP contribution in [0, 0.1) is 5.92 Å². The van der Waals surface area contributed by atoms with Crippen LogP contribution < -0.4 is 0 Å². The van der Waals surface area contributed by atoms with Crippen molar-refractivity contribution in [2.24, 2.45) is 5.92 Å². The van der Waals surface area contributed by atoms with Crippen molar-refractivity contribution in [3.8, 4) is 0 Å². The van der Waals surface area contributed by atoms with Gasteiger partial charge in [-0.1, -0.05) is 35.9 Å². The van der Waals surface area contributed by atoms with Crippen LogP contribution in [0.2, 0.25) is 0 Å². The van der Waals surface area contributed by atoms with Gasteiger partial charge in [-0.2, -0.15) is 0 Å². The third-order valence-corrected chi connectivity index (χ3v) is 5.45. The molecule has 1 atom stereocenters. The Morgan fingerprint density at radius 3 is 2.58 bits per heavy atom. The van der Waals surface area contributed by atoms with Gasteiger partial charge in [-0.05, 0) is 25.5 Å². The molecule has 5 nitrogen and oxygen atoms in total. The van der Waals surface area contributed by atoms with E-state index in [9.17, 15) is 13.2 Å². The highest BCUT2D eigenvalue weighted by Gasteiger charge is 2.28. The predicted octanol–water partition coefficient (Wildman–Crippen LogP) is 2.54. The maximum atomic E-state index is 12.6. The zero-order valence-corrected chi connectivity index (χ0v) is 14.7. The van der Waals surface area contributed by atoms with Gasteiger partial charge in [0, 0.05) is 18.6 Å². The molecule has 0 unspecified atom stereocenters. The van der Waals surface area contributed by atoms with Crippen molar-refractivity contribution in [3.63, 3.8) is 0 Å². The van der Waals surface area contributed by atoms with Crippen LogP contribution in [0.3, 0.4) is 0 Å². The van der Waals surface area contributed by atoms with Crippen molar-refractivity contribution in [1.29, 1.82) is 0 Å². The van der Waals surface area contributed by atoms with Crippen molar-refractivity contribution >= 4 is 15.6 Å². The van der Waals surface area contributed by atoms with Gasteiger partial charge in [-0.3, -0.25) is 4.79 Å². The van der Waals surface area contributed by atoms with Crippen LogP contribution >= 0.6 is 0 Å². The Morgan fingerprint density at radius 1 is 1.21 bits per heavy atom. The fourth-order valence-corrected chi connectivity index (χ4v) is 3.90. The van der Waals surface area contributed by atoms with Crippen molar-refractivity contribution in [1.82, 2.24) is 0 Å². The Bertz CT molecular complexity index is 732. The number of hydrogen-bond donors (Lipinski definition) is 0. The van der Waals surface area contributed by atoms with E-state index < -0.39 is 15.6 Å². The molecule has 0 saturated heterocycles. The Hall–Kier alpha value is -1.76. The first-order valence-electron chi connectivity index (χ1n) is 7.69. The number of ketones is 1. The molecule has 0 aromatic heterocycles. The Labute approximate surface area is 142 Å². The quantitative estimate of drug-likeness (QED) is 0.532. The zero-order chi connectivity index (χ0) is 17.6. The minimum Gasteiger partial charge on any atom is -0.359 e. The summed E-state index contributed by atoms with van der Waals surface area (Å²) in [6, 6.07) is 8.03. The molecule has 0 saturated carbocycles. The number of hydrogen-bond acceptors (Lipinski definition) is 5. The molecule has 1 aromatic rings. The molecule has 24 heavy (non-hydrogen) atoms. The summed E-state index contributed by atoms with van der Waals surface area (Å²) in [5.74, 6) is -1.06. The van der Waals surface area contributed by atoms with E-state index in [1.54, 1.807) is 24.3 Å². The first-order chi connectivity index (χ1) is 11.4. The average molecular weight is 350 g/mol. The zero-order valence-electron chi connectivity index (χ0n) is 13.9. The molecular formula is C18H22O5S. The highest BCUT2D eigenvalue weighted by atomic mass is 32.2. The van der Waals surface area contributed by atoms with E-state index >= 15 is 0 Å². The molecule has 0 bridgehead atoms. The monoisotopic (exact) mass is 350 g/mol. The molecule has 0 N–H and O–H groups in total. The van der Waals surface area contributed by atoms with Crippen LogP contribution in [0.15, 0.2) is 58.5 Å². The van der Waals surface area contributed by atoms with E-state index in [4.69, 9.17) is 9.47 Å². The first kappa shape index (κ1) is 18.6. The summed E-state index contributed by atoms with van der Waals surface area (Å²) in [5, 5.41) is 0. The first-order valence-corrected chi connectivity index (χ1v) is 9.34. The smallest absolute Gasteiger partial charge is 0.185 e. The molecule has 0 heterocycles. The molecule has 6 heteroatoms. The van der Waals surface area contributed by atoms with Gasteiger partial charge in [0.2, 0.25) is 0 Å². The molecule has 0 aliphatic heterocycles. The van der Waals surface area contributed by atoms with Gasteiger partial charge in [0.15, 0.2) is 15.6 Å². The van der Waals surface area contributed by atoms with Gasteiger partial charge in [0.25, 0.3) is 0 Å².